The number of hydrogen-bond acceptors (Lipinski definition) is 7. The van der Waals surface area contributed by atoms with Crippen LogP contribution in [-0.4, -0.2) is 43.0 Å². The maximum absolute atomic E-state index is 13.1. The van der Waals surface area contributed by atoms with Crippen molar-refractivity contribution in [3.05, 3.63) is 108 Å². The van der Waals surface area contributed by atoms with Gasteiger partial charge in [0.15, 0.2) is 12.2 Å². The average molecular weight is 491 g/mol. The molecule has 3 aromatic carbocycles. The highest BCUT2D eigenvalue weighted by atomic mass is 16.6. The number of carbonyl (C=O) groups excluding carboxylic acids is 2. The van der Waals surface area contributed by atoms with Crippen LogP contribution in [0.1, 0.15) is 23.6 Å². The van der Waals surface area contributed by atoms with Gasteiger partial charge in [-0.05, 0) is 16.7 Å². The van der Waals surface area contributed by atoms with E-state index in [1.165, 1.54) is 6.92 Å². The van der Waals surface area contributed by atoms with Gasteiger partial charge in [0.05, 0.1) is 19.8 Å². The first-order chi connectivity index (χ1) is 17.6. The molecular weight excluding hydrogens is 460 g/mol. The van der Waals surface area contributed by atoms with Crippen molar-refractivity contribution in [2.75, 3.05) is 6.61 Å². The number of rotatable bonds is 11. The van der Waals surface area contributed by atoms with Crippen LogP contribution in [0.25, 0.3) is 0 Å². The maximum Gasteiger partial charge on any atom is 0.338 e. The standard InChI is InChI=1S/C29H30O7/c1-21(30)32-20-25-26(33-17-22-11-5-2-6-12-22)27(34-18-23-13-7-3-8-14-23)28(29(31)36-25)35-19-24-15-9-4-10-16-24/h2-16,25-28H,17-20H2,1H3/t25-,26-,27+,28-/m1/s1. The van der Waals surface area contributed by atoms with E-state index < -0.39 is 36.4 Å². The fourth-order valence-electron chi connectivity index (χ4n) is 3.97. The van der Waals surface area contributed by atoms with Crippen molar-refractivity contribution in [2.45, 2.75) is 51.2 Å². The highest BCUT2D eigenvalue weighted by molar-refractivity contribution is 5.77. The molecule has 7 nitrogen and oxygen atoms in total. The molecule has 0 bridgehead atoms. The van der Waals surface area contributed by atoms with Gasteiger partial charge in [0.1, 0.15) is 18.8 Å². The normalized spacial score (nSPS) is 21.5. The second-order valence-electron chi connectivity index (χ2n) is 8.52. The Morgan fingerprint density at radius 2 is 1.14 bits per heavy atom. The molecule has 4 atom stereocenters. The van der Waals surface area contributed by atoms with Crippen LogP contribution < -0.4 is 0 Å². The Labute approximate surface area is 210 Å². The number of carbonyl (C=O) groups is 2. The first-order valence-corrected chi connectivity index (χ1v) is 11.9. The first kappa shape index (κ1) is 25.6. The molecule has 4 rings (SSSR count). The fourth-order valence-corrected chi connectivity index (χ4v) is 3.97. The minimum absolute atomic E-state index is 0.142. The minimum Gasteiger partial charge on any atom is -0.462 e. The van der Waals surface area contributed by atoms with Crippen molar-refractivity contribution < 1.29 is 33.3 Å². The monoisotopic (exact) mass is 490 g/mol. The number of cyclic esters (lactones) is 1. The third kappa shape index (κ3) is 7.24. The summed E-state index contributed by atoms with van der Waals surface area (Å²) in [6.07, 6.45) is -3.39. The van der Waals surface area contributed by atoms with E-state index in [4.69, 9.17) is 23.7 Å². The van der Waals surface area contributed by atoms with Crippen LogP contribution in [0.3, 0.4) is 0 Å². The summed E-state index contributed by atoms with van der Waals surface area (Å²) in [7, 11) is 0. The lowest BCUT2D eigenvalue weighted by Crippen LogP contribution is -2.59. The van der Waals surface area contributed by atoms with Gasteiger partial charge in [-0.15, -0.1) is 0 Å². The zero-order chi connectivity index (χ0) is 25.2. The molecule has 0 saturated carbocycles. The van der Waals surface area contributed by atoms with E-state index in [2.05, 4.69) is 0 Å². The van der Waals surface area contributed by atoms with Crippen molar-refractivity contribution in [1.29, 1.82) is 0 Å². The lowest BCUT2D eigenvalue weighted by atomic mass is 9.98. The molecule has 188 valence electrons. The Bertz CT molecular complexity index is 1090. The number of hydrogen-bond donors (Lipinski definition) is 0. The minimum atomic E-state index is -1.02. The Kier molecular flexibility index (Phi) is 9.21. The van der Waals surface area contributed by atoms with Gasteiger partial charge in [-0.1, -0.05) is 91.0 Å². The summed E-state index contributed by atoms with van der Waals surface area (Å²) in [4.78, 5) is 24.6. The summed E-state index contributed by atoms with van der Waals surface area (Å²) in [5.41, 5.74) is 2.80. The van der Waals surface area contributed by atoms with Crippen molar-refractivity contribution in [2.24, 2.45) is 0 Å². The van der Waals surface area contributed by atoms with E-state index in [-0.39, 0.29) is 26.4 Å². The molecule has 1 fully saturated rings. The molecule has 7 heteroatoms. The van der Waals surface area contributed by atoms with Crippen LogP contribution in [0.4, 0.5) is 0 Å². The van der Waals surface area contributed by atoms with Crippen LogP contribution in [0.15, 0.2) is 91.0 Å². The van der Waals surface area contributed by atoms with E-state index in [0.29, 0.717) is 0 Å². The van der Waals surface area contributed by atoms with Crippen LogP contribution in [0.2, 0.25) is 0 Å². The summed E-state index contributed by atoms with van der Waals surface area (Å²) >= 11 is 0. The summed E-state index contributed by atoms with van der Waals surface area (Å²) in [5.74, 6) is -1.06. The Morgan fingerprint density at radius 3 is 1.61 bits per heavy atom. The highest BCUT2D eigenvalue weighted by Gasteiger charge is 2.49. The third-order valence-corrected chi connectivity index (χ3v) is 5.78. The largest absolute Gasteiger partial charge is 0.462 e. The van der Waals surface area contributed by atoms with E-state index in [9.17, 15) is 9.59 Å². The van der Waals surface area contributed by atoms with E-state index in [1.54, 1.807) is 0 Å². The van der Waals surface area contributed by atoms with Crippen LogP contribution in [-0.2, 0) is 53.1 Å². The SMILES string of the molecule is CC(=O)OC[C@H]1OC(=O)[C@H](OCc2ccccc2)[C@@H](OCc2ccccc2)[C@@H]1OCc1ccccc1. The quantitative estimate of drug-likeness (QED) is 0.372. The van der Waals surface area contributed by atoms with Gasteiger partial charge < -0.3 is 23.7 Å². The first-order valence-electron chi connectivity index (χ1n) is 11.9. The number of esters is 2. The van der Waals surface area contributed by atoms with Crippen LogP contribution in [0, 0.1) is 0 Å². The van der Waals surface area contributed by atoms with Crippen LogP contribution in [0.5, 0.6) is 0 Å². The summed E-state index contributed by atoms with van der Waals surface area (Å²) in [6, 6.07) is 28.9. The van der Waals surface area contributed by atoms with Crippen molar-refractivity contribution in [1.82, 2.24) is 0 Å². The van der Waals surface area contributed by atoms with Gasteiger partial charge in [0.2, 0.25) is 0 Å². The van der Waals surface area contributed by atoms with E-state index in [0.717, 1.165) is 16.7 Å². The van der Waals surface area contributed by atoms with E-state index in [1.807, 2.05) is 91.0 Å². The predicted octanol–water partition coefficient (Wildman–Crippen LogP) is 4.23. The third-order valence-electron chi connectivity index (χ3n) is 5.78. The summed E-state index contributed by atoms with van der Waals surface area (Å²) < 4.78 is 29.5. The Hall–Kier alpha value is -3.52. The molecule has 0 aliphatic carbocycles. The maximum atomic E-state index is 13.1. The Morgan fingerprint density at radius 1 is 0.694 bits per heavy atom. The smallest absolute Gasteiger partial charge is 0.338 e. The second kappa shape index (κ2) is 13.0. The van der Waals surface area contributed by atoms with Crippen molar-refractivity contribution >= 4 is 11.9 Å². The molecule has 0 spiro atoms. The lowest BCUT2D eigenvalue weighted by Gasteiger charge is -2.40. The molecule has 0 radical (unpaired) electrons. The second-order valence-corrected chi connectivity index (χ2v) is 8.52. The number of ether oxygens (including phenoxy) is 5. The summed E-state index contributed by atoms with van der Waals surface area (Å²) in [5, 5.41) is 0. The lowest BCUT2D eigenvalue weighted by molar-refractivity contribution is -0.238. The average Bonchev–Trinajstić information content (AvgIpc) is 2.91. The Balaban J connectivity index is 1.57. The van der Waals surface area contributed by atoms with Crippen molar-refractivity contribution in [3.63, 3.8) is 0 Å². The van der Waals surface area contributed by atoms with Crippen molar-refractivity contribution in [3.8, 4) is 0 Å². The molecule has 0 N–H and O–H groups in total. The molecule has 1 heterocycles. The molecule has 36 heavy (non-hydrogen) atoms. The molecule has 3 aromatic rings. The molecule has 1 aliphatic rings. The molecule has 0 amide bonds. The zero-order valence-electron chi connectivity index (χ0n) is 20.2. The topological polar surface area (TPSA) is 80.3 Å². The summed E-state index contributed by atoms with van der Waals surface area (Å²) in [6.45, 7) is 1.87. The van der Waals surface area contributed by atoms with Gasteiger partial charge in [-0.2, -0.15) is 0 Å². The zero-order valence-corrected chi connectivity index (χ0v) is 20.2. The molecule has 0 unspecified atom stereocenters. The predicted molar refractivity (Wildman–Crippen MR) is 132 cm³/mol. The van der Waals surface area contributed by atoms with Gasteiger partial charge in [0, 0.05) is 6.92 Å². The van der Waals surface area contributed by atoms with E-state index >= 15 is 0 Å². The number of benzene rings is 3. The fraction of sp³-hybridized carbons (Fsp3) is 0.310. The highest BCUT2D eigenvalue weighted by Crippen LogP contribution is 2.28. The van der Waals surface area contributed by atoms with Gasteiger partial charge in [0.25, 0.3) is 0 Å². The van der Waals surface area contributed by atoms with Gasteiger partial charge in [-0.3, -0.25) is 4.79 Å². The molecular formula is C29H30O7. The molecule has 1 aliphatic heterocycles. The van der Waals surface area contributed by atoms with Gasteiger partial charge >= 0.3 is 11.9 Å². The molecule has 0 aromatic heterocycles. The van der Waals surface area contributed by atoms with Gasteiger partial charge in [-0.25, -0.2) is 4.79 Å². The van der Waals surface area contributed by atoms with Crippen LogP contribution >= 0.6 is 0 Å². The molecule has 1 saturated heterocycles.